The lowest BCUT2D eigenvalue weighted by molar-refractivity contribution is -0.139. The molecule has 0 saturated heterocycles. The van der Waals surface area contributed by atoms with Crippen molar-refractivity contribution in [2.45, 2.75) is 52.1 Å². The van der Waals surface area contributed by atoms with Crippen molar-refractivity contribution in [2.24, 2.45) is 5.92 Å². The molecule has 0 aromatic heterocycles. The summed E-state index contributed by atoms with van der Waals surface area (Å²) in [7, 11) is -4.12. The van der Waals surface area contributed by atoms with E-state index in [0.29, 0.717) is 22.8 Å². The average molecular weight is 570 g/mol. The van der Waals surface area contributed by atoms with Crippen LogP contribution in [0.4, 0.5) is 5.69 Å². The van der Waals surface area contributed by atoms with E-state index in [2.05, 4.69) is 5.32 Å². The molecule has 1 atom stereocenters. The molecule has 208 valence electrons. The predicted octanol–water partition coefficient (Wildman–Crippen LogP) is 5.34. The first-order valence-corrected chi connectivity index (χ1v) is 14.7. The van der Waals surface area contributed by atoms with Gasteiger partial charge in [-0.1, -0.05) is 73.5 Å². The molecule has 2 amide bonds. The van der Waals surface area contributed by atoms with E-state index in [1.165, 1.54) is 17.0 Å². The topological polar surface area (TPSA) is 86.8 Å². The first kappa shape index (κ1) is 30.2. The van der Waals surface area contributed by atoms with Gasteiger partial charge in [0.2, 0.25) is 11.8 Å². The van der Waals surface area contributed by atoms with Crippen LogP contribution in [0.1, 0.15) is 37.5 Å². The molecule has 0 radical (unpaired) electrons. The Bertz CT molecular complexity index is 1390. The normalized spacial score (nSPS) is 12.2. The predicted molar refractivity (Wildman–Crippen MR) is 156 cm³/mol. The Morgan fingerprint density at radius 1 is 0.923 bits per heavy atom. The number of hydrogen-bond acceptors (Lipinski definition) is 4. The first-order chi connectivity index (χ1) is 18.4. The molecule has 0 heterocycles. The third-order valence-electron chi connectivity index (χ3n) is 6.36. The van der Waals surface area contributed by atoms with E-state index in [9.17, 15) is 18.0 Å². The molecule has 7 nitrogen and oxygen atoms in total. The molecule has 3 aromatic rings. The Kier molecular flexibility index (Phi) is 10.2. The van der Waals surface area contributed by atoms with E-state index in [1.807, 2.05) is 45.0 Å². The highest BCUT2D eigenvalue weighted by Gasteiger charge is 2.33. The number of carbonyl (C=O) groups excluding carboxylic acids is 2. The number of nitrogens with zero attached hydrogens (tertiary/aromatic N) is 2. The molecule has 0 unspecified atom stereocenters. The molecule has 0 bridgehead atoms. The maximum absolute atomic E-state index is 14.0. The fraction of sp³-hybridized carbons (Fsp3) is 0.333. The number of aryl methyl sites for hydroxylation is 2. The van der Waals surface area contributed by atoms with Crippen LogP contribution in [-0.4, -0.2) is 44.3 Å². The van der Waals surface area contributed by atoms with Crippen LogP contribution in [0, 0.1) is 19.8 Å². The van der Waals surface area contributed by atoms with Crippen LogP contribution in [0.5, 0.6) is 0 Å². The van der Waals surface area contributed by atoms with Gasteiger partial charge in [-0.25, -0.2) is 8.42 Å². The van der Waals surface area contributed by atoms with Gasteiger partial charge in [-0.05, 0) is 68.1 Å². The molecule has 0 saturated carbocycles. The van der Waals surface area contributed by atoms with Crippen molar-refractivity contribution >= 4 is 39.1 Å². The lowest BCUT2D eigenvalue weighted by atomic mass is 10.1. The van der Waals surface area contributed by atoms with Gasteiger partial charge in [-0.3, -0.25) is 13.9 Å². The number of hydrogen-bond donors (Lipinski definition) is 1. The highest BCUT2D eigenvalue weighted by molar-refractivity contribution is 7.92. The fourth-order valence-electron chi connectivity index (χ4n) is 4.06. The third-order valence-corrected chi connectivity index (χ3v) is 8.37. The molecule has 0 fully saturated rings. The number of anilines is 1. The molecular formula is C30H36ClN3O4S. The zero-order valence-corrected chi connectivity index (χ0v) is 24.6. The monoisotopic (exact) mass is 569 g/mol. The number of halogens is 1. The quantitative estimate of drug-likeness (QED) is 0.338. The summed E-state index contributed by atoms with van der Waals surface area (Å²) in [5.41, 5.74) is 2.83. The minimum atomic E-state index is -4.12. The van der Waals surface area contributed by atoms with Crippen molar-refractivity contribution < 1.29 is 18.0 Å². The summed E-state index contributed by atoms with van der Waals surface area (Å²) in [6.45, 7) is 9.46. The van der Waals surface area contributed by atoms with Crippen LogP contribution in [0.15, 0.2) is 77.7 Å². The minimum Gasteiger partial charge on any atom is -0.354 e. The summed E-state index contributed by atoms with van der Waals surface area (Å²) in [5, 5.41) is 3.34. The number of sulfonamides is 1. The molecule has 0 aliphatic carbocycles. The molecule has 39 heavy (non-hydrogen) atoms. The van der Waals surface area contributed by atoms with Gasteiger partial charge in [-0.2, -0.15) is 0 Å². The zero-order chi connectivity index (χ0) is 28.7. The van der Waals surface area contributed by atoms with E-state index in [-0.39, 0.29) is 23.3 Å². The number of amides is 2. The van der Waals surface area contributed by atoms with Crippen molar-refractivity contribution in [3.8, 4) is 0 Å². The van der Waals surface area contributed by atoms with Gasteiger partial charge in [0, 0.05) is 18.1 Å². The van der Waals surface area contributed by atoms with E-state index in [0.717, 1.165) is 15.4 Å². The van der Waals surface area contributed by atoms with Crippen molar-refractivity contribution in [1.29, 1.82) is 0 Å². The van der Waals surface area contributed by atoms with E-state index in [4.69, 9.17) is 11.6 Å². The standard InChI is InChI=1S/C30H36ClN3O4S/c1-21(2)18-32-30(36)24(5)33(19-25-13-11-22(3)12-14-25)29(35)20-34(28-16-15-26(31)17-23(28)4)39(37,38)27-9-7-6-8-10-27/h6-17,21,24H,18-20H2,1-5H3,(H,32,36)/t24-/m1/s1. The summed E-state index contributed by atoms with van der Waals surface area (Å²) in [6.07, 6.45) is 0. The molecule has 0 aliphatic heterocycles. The molecule has 1 N–H and O–H groups in total. The highest BCUT2D eigenvalue weighted by atomic mass is 35.5. The summed E-state index contributed by atoms with van der Waals surface area (Å²) >= 11 is 6.15. The Morgan fingerprint density at radius 3 is 2.15 bits per heavy atom. The number of rotatable bonds is 11. The number of nitrogens with one attached hydrogen (secondary N) is 1. The largest absolute Gasteiger partial charge is 0.354 e. The molecule has 9 heteroatoms. The molecule has 3 rings (SSSR count). The summed E-state index contributed by atoms with van der Waals surface area (Å²) in [5.74, 6) is -0.567. The Labute approximate surface area is 236 Å². The minimum absolute atomic E-state index is 0.0555. The van der Waals surface area contributed by atoms with Crippen LogP contribution in [0.25, 0.3) is 0 Å². The van der Waals surface area contributed by atoms with Crippen LogP contribution in [0.3, 0.4) is 0 Å². The second-order valence-corrected chi connectivity index (χ2v) is 12.4. The van der Waals surface area contributed by atoms with Crippen LogP contribution in [0.2, 0.25) is 5.02 Å². The van der Waals surface area contributed by atoms with Crippen molar-refractivity contribution in [3.05, 3.63) is 94.5 Å². The Morgan fingerprint density at radius 2 is 1.56 bits per heavy atom. The summed E-state index contributed by atoms with van der Waals surface area (Å²) in [4.78, 5) is 28.5. The first-order valence-electron chi connectivity index (χ1n) is 12.9. The van der Waals surface area contributed by atoms with Gasteiger partial charge < -0.3 is 10.2 Å². The van der Waals surface area contributed by atoms with Crippen molar-refractivity contribution in [1.82, 2.24) is 10.2 Å². The lowest BCUT2D eigenvalue weighted by Gasteiger charge is -2.32. The van der Waals surface area contributed by atoms with E-state index >= 15 is 0 Å². The van der Waals surface area contributed by atoms with Gasteiger partial charge in [0.25, 0.3) is 10.0 Å². The number of benzene rings is 3. The molecule has 0 spiro atoms. The van der Waals surface area contributed by atoms with Crippen LogP contribution >= 0.6 is 11.6 Å². The van der Waals surface area contributed by atoms with Gasteiger partial charge >= 0.3 is 0 Å². The highest BCUT2D eigenvalue weighted by Crippen LogP contribution is 2.29. The average Bonchev–Trinajstić information content (AvgIpc) is 2.90. The third kappa shape index (κ3) is 7.83. The van der Waals surface area contributed by atoms with E-state index < -0.39 is 28.5 Å². The van der Waals surface area contributed by atoms with Crippen LogP contribution < -0.4 is 9.62 Å². The maximum atomic E-state index is 14.0. The SMILES string of the molecule is Cc1ccc(CN(C(=O)CN(c2ccc(Cl)cc2C)S(=O)(=O)c2ccccc2)[C@H](C)C(=O)NCC(C)C)cc1. The summed E-state index contributed by atoms with van der Waals surface area (Å²) in [6, 6.07) is 19.6. The van der Waals surface area contributed by atoms with Gasteiger partial charge in [0.05, 0.1) is 10.6 Å². The molecule has 3 aromatic carbocycles. The van der Waals surface area contributed by atoms with Crippen molar-refractivity contribution in [2.75, 3.05) is 17.4 Å². The molecule has 0 aliphatic rings. The molecular weight excluding hydrogens is 534 g/mol. The second-order valence-electron chi connectivity index (χ2n) is 10.1. The summed E-state index contributed by atoms with van der Waals surface area (Å²) < 4.78 is 28.8. The second kappa shape index (κ2) is 13.1. The van der Waals surface area contributed by atoms with E-state index in [1.54, 1.807) is 50.2 Å². The zero-order valence-electron chi connectivity index (χ0n) is 23.0. The van der Waals surface area contributed by atoms with Gasteiger partial charge in [0.1, 0.15) is 12.6 Å². The Balaban J connectivity index is 2.03. The maximum Gasteiger partial charge on any atom is 0.264 e. The van der Waals surface area contributed by atoms with Gasteiger partial charge in [-0.15, -0.1) is 0 Å². The Hall–Kier alpha value is -3.36. The smallest absolute Gasteiger partial charge is 0.264 e. The lowest BCUT2D eigenvalue weighted by Crippen LogP contribution is -2.51. The van der Waals surface area contributed by atoms with Crippen molar-refractivity contribution in [3.63, 3.8) is 0 Å². The fourth-order valence-corrected chi connectivity index (χ4v) is 5.78. The van der Waals surface area contributed by atoms with Crippen LogP contribution in [-0.2, 0) is 26.2 Å². The number of carbonyl (C=O) groups is 2. The van der Waals surface area contributed by atoms with Gasteiger partial charge in [0.15, 0.2) is 0 Å².